The number of ether oxygens (including phenoxy) is 1. The average Bonchev–Trinajstić information content (AvgIpc) is 2.58. The first-order chi connectivity index (χ1) is 11.8. The molecule has 0 radical (unpaired) electrons. The fourth-order valence-corrected chi connectivity index (χ4v) is 3.82. The van der Waals surface area contributed by atoms with Crippen molar-refractivity contribution in [1.82, 2.24) is 4.31 Å². The van der Waals surface area contributed by atoms with Crippen LogP contribution in [-0.2, 0) is 10.0 Å². The van der Waals surface area contributed by atoms with Crippen molar-refractivity contribution in [3.05, 3.63) is 57.5 Å². The summed E-state index contributed by atoms with van der Waals surface area (Å²) in [6.45, 7) is 0.884. The fraction of sp³-hybridized carbons (Fsp3) is 0.294. The maximum absolute atomic E-state index is 12.5. The van der Waals surface area contributed by atoms with E-state index in [1.165, 1.54) is 29.6 Å². The van der Waals surface area contributed by atoms with E-state index in [-0.39, 0.29) is 9.92 Å². The van der Waals surface area contributed by atoms with Gasteiger partial charge in [0.1, 0.15) is 5.75 Å². The van der Waals surface area contributed by atoms with Gasteiger partial charge in [-0.2, -0.15) is 0 Å². The van der Waals surface area contributed by atoms with Crippen LogP contribution < -0.4 is 4.74 Å². The van der Waals surface area contributed by atoms with E-state index in [2.05, 4.69) is 0 Å². The molecule has 0 aliphatic carbocycles. The van der Waals surface area contributed by atoms with Crippen LogP contribution in [0.1, 0.15) is 12.8 Å². The molecule has 4 nitrogen and oxygen atoms in total. The summed E-state index contributed by atoms with van der Waals surface area (Å²) in [6.07, 6.45) is 1.40. The molecule has 0 saturated heterocycles. The molecular formula is C17H18Cl3NO3S. The van der Waals surface area contributed by atoms with Gasteiger partial charge in [-0.05, 0) is 55.3 Å². The highest BCUT2D eigenvalue weighted by Crippen LogP contribution is 2.26. The van der Waals surface area contributed by atoms with Crippen LogP contribution in [-0.4, -0.2) is 32.9 Å². The van der Waals surface area contributed by atoms with Crippen LogP contribution in [0.25, 0.3) is 0 Å². The molecule has 0 aliphatic heterocycles. The Morgan fingerprint density at radius 3 is 2.28 bits per heavy atom. The number of benzene rings is 2. The van der Waals surface area contributed by atoms with Crippen molar-refractivity contribution in [2.24, 2.45) is 0 Å². The first kappa shape index (κ1) is 20.3. The van der Waals surface area contributed by atoms with Crippen molar-refractivity contribution >= 4 is 44.8 Å². The second-order valence-electron chi connectivity index (χ2n) is 5.41. The van der Waals surface area contributed by atoms with Crippen molar-refractivity contribution in [2.45, 2.75) is 17.7 Å². The molecule has 0 heterocycles. The lowest BCUT2D eigenvalue weighted by Gasteiger charge is -2.17. The van der Waals surface area contributed by atoms with Crippen LogP contribution in [0, 0.1) is 0 Å². The lowest BCUT2D eigenvalue weighted by atomic mass is 10.3. The molecule has 0 N–H and O–H groups in total. The molecule has 0 saturated carbocycles. The van der Waals surface area contributed by atoms with Gasteiger partial charge in [0.25, 0.3) is 0 Å². The average molecular weight is 423 g/mol. The molecule has 2 aromatic carbocycles. The van der Waals surface area contributed by atoms with Crippen LogP contribution in [0.2, 0.25) is 15.1 Å². The van der Waals surface area contributed by atoms with Crippen molar-refractivity contribution in [2.75, 3.05) is 20.2 Å². The third-order valence-electron chi connectivity index (χ3n) is 3.55. The monoisotopic (exact) mass is 421 g/mol. The molecule has 0 spiro atoms. The number of unbranched alkanes of at least 4 members (excludes halogenated alkanes) is 1. The molecule has 0 atom stereocenters. The van der Waals surface area contributed by atoms with E-state index in [1.54, 1.807) is 24.3 Å². The number of hydrogen-bond donors (Lipinski definition) is 0. The number of halogens is 3. The summed E-state index contributed by atoms with van der Waals surface area (Å²) in [7, 11) is -2.05. The normalized spacial score (nSPS) is 11.7. The Kier molecular flexibility index (Phi) is 7.40. The van der Waals surface area contributed by atoms with Crippen molar-refractivity contribution in [1.29, 1.82) is 0 Å². The first-order valence-electron chi connectivity index (χ1n) is 7.60. The Bertz CT molecular complexity index is 810. The minimum absolute atomic E-state index is 0.127. The van der Waals surface area contributed by atoms with Crippen LogP contribution in [0.5, 0.6) is 5.75 Å². The smallest absolute Gasteiger partial charge is 0.242 e. The number of rotatable bonds is 8. The number of nitrogens with zero attached hydrogens (tertiary/aromatic N) is 1. The van der Waals surface area contributed by atoms with Gasteiger partial charge in [-0.15, -0.1) is 0 Å². The Morgan fingerprint density at radius 2 is 1.64 bits per heavy atom. The third-order valence-corrected chi connectivity index (χ3v) is 6.39. The van der Waals surface area contributed by atoms with Crippen LogP contribution in [0.3, 0.4) is 0 Å². The molecule has 136 valence electrons. The van der Waals surface area contributed by atoms with E-state index in [0.717, 1.165) is 12.2 Å². The highest BCUT2D eigenvalue weighted by molar-refractivity contribution is 7.89. The van der Waals surface area contributed by atoms with Gasteiger partial charge < -0.3 is 4.74 Å². The maximum Gasteiger partial charge on any atom is 0.242 e. The number of sulfonamides is 1. The molecule has 0 aromatic heterocycles. The minimum Gasteiger partial charge on any atom is -0.494 e. The predicted molar refractivity (Wildman–Crippen MR) is 102 cm³/mol. The Balaban J connectivity index is 1.81. The second kappa shape index (κ2) is 9.10. The van der Waals surface area contributed by atoms with Gasteiger partial charge in [0.2, 0.25) is 10.0 Å². The summed E-state index contributed by atoms with van der Waals surface area (Å²) in [5.41, 5.74) is 0. The third kappa shape index (κ3) is 5.76. The number of hydrogen-bond acceptors (Lipinski definition) is 3. The predicted octanol–water partition coefficient (Wildman–Crippen LogP) is 5.13. The molecule has 0 bridgehead atoms. The van der Waals surface area contributed by atoms with E-state index in [9.17, 15) is 8.42 Å². The van der Waals surface area contributed by atoms with E-state index >= 15 is 0 Å². The summed E-state index contributed by atoms with van der Waals surface area (Å²) in [5.74, 6) is 0.737. The van der Waals surface area contributed by atoms with E-state index in [4.69, 9.17) is 39.5 Å². The quantitative estimate of drug-likeness (QED) is 0.554. The lowest BCUT2D eigenvalue weighted by Crippen LogP contribution is -2.28. The van der Waals surface area contributed by atoms with Gasteiger partial charge in [0.15, 0.2) is 0 Å². The Labute approximate surface area is 163 Å². The van der Waals surface area contributed by atoms with E-state index < -0.39 is 10.0 Å². The van der Waals surface area contributed by atoms with Gasteiger partial charge >= 0.3 is 0 Å². The molecule has 2 aromatic rings. The summed E-state index contributed by atoms with van der Waals surface area (Å²) < 4.78 is 31.9. The van der Waals surface area contributed by atoms with Crippen LogP contribution in [0.4, 0.5) is 0 Å². The van der Waals surface area contributed by atoms with Crippen molar-refractivity contribution < 1.29 is 13.2 Å². The Hall–Kier alpha value is -0.980. The largest absolute Gasteiger partial charge is 0.494 e. The summed E-state index contributed by atoms with van der Waals surface area (Å²) in [5, 5.41) is 1.19. The molecule has 0 aliphatic rings. The molecule has 0 fully saturated rings. The SMILES string of the molecule is CN(CCCCOc1ccc(Cl)cc1)S(=O)(=O)c1ccc(Cl)c(Cl)c1. The summed E-state index contributed by atoms with van der Waals surface area (Å²) >= 11 is 17.5. The molecule has 0 unspecified atom stereocenters. The highest BCUT2D eigenvalue weighted by atomic mass is 35.5. The second-order valence-corrected chi connectivity index (χ2v) is 8.71. The summed E-state index contributed by atoms with van der Waals surface area (Å²) in [6, 6.07) is 11.4. The first-order valence-corrected chi connectivity index (χ1v) is 10.2. The molecule has 0 amide bonds. The fourth-order valence-electron chi connectivity index (χ4n) is 2.09. The minimum atomic E-state index is -3.59. The summed E-state index contributed by atoms with van der Waals surface area (Å²) in [4.78, 5) is 0.127. The van der Waals surface area contributed by atoms with Crippen LogP contribution in [0.15, 0.2) is 47.4 Å². The van der Waals surface area contributed by atoms with Crippen LogP contribution >= 0.6 is 34.8 Å². The molecule has 2 rings (SSSR count). The maximum atomic E-state index is 12.5. The van der Waals surface area contributed by atoms with Gasteiger partial charge in [0.05, 0.1) is 21.5 Å². The molecule has 25 heavy (non-hydrogen) atoms. The van der Waals surface area contributed by atoms with Gasteiger partial charge in [-0.1, -0.05) is 34.8 Å². The Morgan fingerprint density at radius 1 is 0.960 bits per heavy atom. The highest BCUT2D eigenvalue weighted by Gasteiger charge is 2.21. The van der Waals surface area contributed by atoms with Gasteiger partial charge in [-0.3, -0.25) is 0 Å². The zero-order valence-corrected chi connectivity index (χ0v) is 16.7. The van der Waals surface area contributed by atoms with E-state index in [1.807, 2.05) is 0 Å². The topological polar surface area (TPSA) is 46.6 Å². The zero-order chi connectivity index (χ0) is 18.4. The standard InChI is InChI=1S/C17H18Cl3NO3S/c1-21(25(22,23)15-8-9-16(19)17(20)12-15)10-2-3-11-24-14-6-4-13(18)5-7-14/h4-9,12H,2-3,10-11H2,1H3. The molecule has 8 heteroatoms. The van der Waals surface area contributed by atoms with Gasteiger partial charge in [-0.25, -0.2) is 12.7 Å². The lowest BCUT2D eigenvalue weighted by molar-refractivity contribution is 0.300. The van der Waals surface area contributed by atoms with Gasteiger partial charge in [0, 0.05) is 18.6 Å². The molecular weight excluding hydrogens is 405 g/mol. The van der Waals surface area contributed by atoms with Crippen molar-refractivity contribution in [3.63, 3.8) is 0 Å². The zero-order valence-electron chi connectivity index (χ0n) is 13.6. The van der Waals surface area contributed by atoms with E-state index in [0.29, 0.717) is 29.6 Å². The van der Waals surface area contributed by atoms with Crippen molar-refractivity contribution in [3.8, 4) is 5.75 Å².